The third-order valence-electron chi connectivity index (χ3n) is 3.93. The van der Waals surface area contributed by atoms with E-state index in [1.165, 1.54) is 22.4 Å². The molecule has 0 bridgehead atoms. The van der Waals surface area contributed by atoms with E-state index in [-0.39, 0.29) is 6.04 Å². The van der Waals surface area contributed by atoms with Crippen LogP contribution in [0.15, 0.2) is 24.3 Å². The minimum atomic E-state index is -0.0108. The van der Waals surface area contributed by atoms with E-state index < -0.39 is 0 Å². The van der Waals surface area contributed by atoms with Crippen molar-refractivity contribution in [2.75, 3.05) is 0 Å². The van der Waals surface area contributed by atoms with E-state index in [2.05, 4.69) is 50.1 Å². The van der Waals surface area contributed by atoms with Crippen LogP contribution in [0.3, 0.4) is 0 Å². The maximum absolute atomic E-state index is 6.29. The largest absolute Gasteiger partial charge is 0.322 e. The zero-order chi connectivity index (χ0) is 14.0. The van der Waals surface area contributed by atoms with Gasteiger partial charge in [0.1, 0.15) is 0 Å². The van der Waals surface area contributed by atoms with Crippen LogP contribution >= 0.6 is 0 Å². The van der Waals surface area contributed by atoms with E-state index >= 15 is 0 Å². The van der Waals surface area contributed by atoms with Crippen LogP contribution in [0, 0.1) is 20.8 Å². The predicted octanol–water partition coefficient (Wildman–Crippen LogP) is 3.07. The lowest BCUT2D eigenvalue weighted by Gasteiger charge is -2.14. The maximum Gasteiger partial charge on any atom is 0.0625 e. The molecular weight excluding hydrogens is 234 g/mol. The third kappa shape index (κ3) is 2.87. The van der Waals surface area contributed by atoms with Gasteiger partial charge in [0.15, 0.2) is 0 Å². The SMILES string of the molecule is CCc1ccc(C(N)Cn2nc(C)c(C)c2C)cc1. The Bertz CT molecular complexity index is 552. The molecule has 102 valence electrons. The molecule has 1 atom stereocenters. The summed E-state index contributed by atoms with van der Waals surface area (Å²) in [6.07, 6.45) is 1.06. The highest BCUT2D eigenvalue weighted by Crippen LogP contribution is 2.17. The molecule has 0 amide bonds. The van der Waals surface area contributed by atoms with Gasteiger partial charge in [-0.25, -0.2) is 0 Å². The Kier molecular flexibility index (Phi) is 4.05. The van der Waals surface area contributed by atoms with Gasteiger partial charge in [-0.2, -0.15) is 5.10 Å². The fourth-order valence-corrected chi connectivity index (χ4v) is 2.26. The van der Waals surface area contributed by atoms with E-state index in [9.17, 15) is 0 Å². The zero-order valence-corrected chi connectivity index (χ0v) is 12.3. The summed E-state index contributed by atoms with van der Waals surface area (Å²) in [5, 5.41) is 4.55. The summed E-state index contributed by atoms with van der Waals surface area (Å²) >= 11 is 0. The van der Waals surface area contributed by atoms with Gasteiger partial charge in [-0.15, -0.1) is 0 Å². The molecule has 19 heavy (non-hydrogen) atoms. The number of benzene rings is 1. The van der Waals surface area contributed by atoms with Crippen LogP contribution in [0.5, 0.6) is 0 Å². The fraction of sp³-hybridized carbons (Fsp3) is 0.438. The molecule has 1 aromatic carbocycles. The Balaban J connectivity index is 2.15. The van der Waals surface area contributed by atoms with E-state index in [1.807, 2.05) is 11.6 Å². The minimum Gasteiger partial charge on any atom is -0.322 e. The highest BCUT2D eigenvalue weighted by molar-refractivity contribution is 5.26. The van der Waals surface area contributed by atoms with Crippen molar-refractivity contribution in [3.05, 3.63) is 52.3 Å². The number of hydrogen-bond donors (Lipinski definition) is 1. The van der Waals surface area contributed by atoms with Crippen LogP contribution in [-0.2, 0) is 13.0 Å². The minimum absolute atomic E-state index is 0.0108. The quantitative estimate of drug-likeness (QED) is 0.914. The Morgan fingerprint density at radius 3 is 2.26 bits per heavy atom. The first kappa shape index (κ1) is 13.8. The molecule has 1 unspecified atom stereocenters. The van der Waals surface area contributed by atoms with Crippen molar-refractivity contribution in [2.24, 2.45) is 5.73 Å². The van der Waals surface area contributed by atoms with Crippen LogP contribution in [0.2, 0.25) is 0 Å². The van der Waals surface area contributed by atoms with Gasteiger partial charge >= 0.3 is 0 Å². The van der Waals surface area contributed by atoms with Crippen molar-refractivity contribution in [1.82, 2.24) is 9.78 Å². The van der Waals surface area contributed by atoms with Crippen molar-refractivity contribution in [2.45, 2.75) is 46.7 Å². The van der Waals surface area contributed by atoms with E-state index in [0.717, 1.165) is 18.7 Å². The summed E-state index contributed by atoms with van der Waals surface area (Å²) in [4.78, 5) is 0. The van der Waals surface area contributed by atoms with Gasteiger partial charge in [0.2, 0.25) is 0 Å². The van der Waals surface area contributed by atoms with Crippen LogP contribution in [0.1, 0.15) is 41.0 Å². The maximum atomic E-state index is 6.29. The molecule has 2 N–H and O–H groups in total. The summed E-state index contributed by atoms with van der Waals surface area (Å²) < 4.78 is 2.02. The molecule has 0 saturated carbocycles. The molecule has 0 aliphatic heterocycles. The van der Waals surface area contributed by atoms with Crippen LogP contribution in [0.4, 0.5) is 0 Å². The summed E-state index contributed by atoms with van der Waals surface area (Å²) in [5.41, 5.74) is 12.4. The molecule has 2 rings (SSSR count). The zero-order valence-electron chi connectivity index (χ0n) is 12.3. The van der Waals surface area contributed by atoms with Crippen LogP contribution in [0.25, 0.3) is 0 Å². The standard InChI is InChI=1S/C16H23N3/c1-5-14-6-8-15(9-7-14)16(17)10-19-13(4)11(2)12(3)18-19/h6-9,16H,5,10,17H2,1-4H3. The Morgan fingerprint density at radius 2 is 1.79 bits per heavy atom. The first-order valence-electron chi connectivity index (χ1n) is 6.88. The summed E-state index contributed by atoms with van der Waals surface area (Å²) in [6.45, 7) is 9.14. The molecule has 1 aromatic heterocycles. The van der Waals surface area contributed by atoms with Gasteiger partial charge in [-0.3, -0.25) is 4.68 Å². The van der Waals surface area contributed by atoms with Crippen molar-refractivity contribution < 1.29 is 0 Å². The normalized spacial score (nSPS) is 12.7. The fourth-order valence-electron chi connectivity index (χ4n) is 2.26. The Morgan fingerprint density at radius 1 is 1.16 bits per heavy atom. The van der Waals surface area contributed by atoms with Crippen LogP contribution in [-0.4, -0.2) is 9.78 Å². The van der Waals surface area contributed by atoms with Crippen molar-refractivity contribution in [1.29, 1.82) is 0 Å². The lowest BCUT2D eigenvalue weighted by Crippen LogP contribution is -2.19. The Labute approximate surface area is 115 Å². The van der Waals surface area contributed by atoms with Crippen LogP contribution < -0.4 is 5.73 Å². The average Bonchev–Trinajstić information content (AvgIpc) is 2.66. The molecule has 0 fully saturated rings. The molecule has 0 aliphatic carbocycles. The highest BCUT2D eigenvalue weighted by Gasteiger charge is 2.12. The second-order valence-corrected chi connectivity index (χ2v) is 5.18. The number of nitrogens with zero attached hydrogens (tertiary/aromatic N) is 2. The summed E-state index contributed by atoms with van der Waals surface area (Å²) in [6, 6.07) is 8.55. The summed E-state index contributed by atoms with van der Waals surface area (Å²) in [7, 11) is 0. The van der Waals surface area contributed by atoms with Crippen molar-refractivity contribution >= 4 is 0 Å². The second-order valence-electron chi connectivity index (χ2n) is 5.18. The van der Waals surface area contributed by atoms with Gasteiger partial charge in [-0.1, -0.05) is 31.2 Å². The number of rotatable bonds is 4. The first-order chi connectivity index (χ1) is 9.02. The molecule has 0 saturated heterocycles. The van der Waals surface area contributed by atoms with E-state index in [1.54, 1.807) is 0 Å². The van der Waals surface area contributed by atoms with Crippen molar-refractivity contribution in [3.63, 3.8) is 0 Å². The predicted molar refractivity (Wildman–Crippen MR) is 79.2 cm³/mol. The van der Waals surface area contributed by atoms with E-state index in [0.29, 0.717) is 0 Å². The van der Waals surface area contributed by atoms with Gasteiger partial charge < -0.3 is 5.73 Å². The van der Waals surface area contributed by atoms with Gasteiger partial charge in [-0.05, 0) is 43.9 Å². The van der Waals surface area contributed by atoms with E-state index in [4.69, 9.17) is 5.73 Å². The molecule has 1 heterocycles. The molecular formula is C16H23N3. The number of aromatic nitrogens is 2. The molecule has 0 spiro atoms. The topological polar surface area (TPSA) is 43.8 Å². The lowest BCUT2D eigenvalue weighted by atomic mass is 10.0. The number of hydrogen-bond acceptors (Lipinski definition) is 2. The number of nitrogens with two attached hydrogens (primary N) is 1. The Hall–Kier alpha value is -1.61. The molecule has 0 aliphatic rings. The van der Waals surface area contributed by atoms with Gasteiger partial charge in [0.25, 0.3) is 0 Å². The number of aryl methyl sites for hydroxylation is 2. The van der Waals surface area contributed by atoms with Crippen molar-refractivity contribution in [3.8, 4) is 0 Å². The molecule has 3 heteroatoms. The monoisotopic (exact) mass is 257 g/mol. The second kappa shape index (κ2) is 5.57. The first-order valence-corrected chi connectivity index (χ1v) is 6.88. The molecule has 2 aromatic rings. The third-order valence-corrected chi connectivity index (χ3v) is 3.93. The highest BCUT2D eigenvalue weighted by atomic mass is 15.3. The lowest BCUT2D eigenvalue weighted by molar-refractivity contribution is 0.514. The average molecular weight is 257 g/mol. The summed E-state index contributed by atoms with van der Waals surface area (Å²) in [5.74, 6) is 0. The smallest absolute Gasteiger partial charge is 0.0625 e. The van der Waals surface area contributed by atoms with Gasteiger partial charge in [0, 0.05) is 11.7 Å². The molecule has 0 radical (unpaired) electrons. The molecule has 3 nitrogen and oxygen atoms in total. The van der Waals surface area contributed by atoms with Gasteiger partial charge in [0.05, 0.1) is 12.2 Å².